The van der Waals surface area contributed by atoms with Crippen LogP contribution in [0.4, 0.5) is 52.7 Å². The highest BCUT2D eigenvalue weighted by molar-refractivity contribution is 9.11. The number of alkyl halides is 12. The van der Waals surface area contributed by atoms with Gasteiger partial charge >= 0.3 is 24.7 Å². The van der Waals surface area contributed by atoms with Gasteiger partial charge in [0.05, 0.1) is 22.3 Å². The van der Waals surface area contributed by atoms with Gasteiger partial charge < -0.3 is 0 Å². The van der Waals surface area contributed by atoms with Crippen molar-refractivity contribution in [1.29, 1.82) is 0 Å². The highest BCUT2D eigenvalue weighted by atomic mass is 79.9. The standard InChI is InChI=1S/C24H4Br2F12/c25-11-3-7-15-13-5(11)1-9(21(27,28)29)17-10(22(30,31)32)2-6-12(26)4-8(16(15)14(6)18(13)17)20(24(36,37)38)19(7)23(33,34)35/h1-4H. The van der Waals surface area contributed by atoms with Crippen molar-refractivity contribution in [2.75, 3.05) is 0 Å². The molecule has 198 valence electrons. The predicted molar refractivity (Wildman–Crippen MR) is 123 cm³/mol. The zero-order valence-corrected chi connectivity index (χ0v) is 20.8. The van der Waals surface area contributed by atoms with Crippen molar-refractivity contribution in [2.24, 2.45) is 0 Å². The van der Waals surface area contributed by atoms with Gasteiger partial charge in [-0.05, 0) is 72.7 Å². The normalized spacial score (nSPS) is 14.6. The Morgan fingerprint density at radius 3 is 0.974 bits per heavy atom. The van der Waals surface area contributed by atoms with Gasteiger partial charge in [-0.15, -0.1) is 0 Å². The van der Waals surface area contributed by atoms with E-state index in [4.69, 9.17) is 0 Å². The maximum atomic E-state index is 14.3. The first-order valence-corrected chi connectivity index (χ1v) is 11.8. The van der Waals surface area contributed by atoms with Crippen LogP contribution in [0.15, 0.2) is 33.2 Å². The van der Waals surface area contributed by atoms with Crippen LogP contribution in [0.1, 0.15) is 22.3 Å². The topological polar surface area (TPSA) is 0 Å². The Balaban J connectivity index is 2.12. The van der Waals surface area contributed by atoms with Crippen molar-refractivity contribution in [3.8, 4) is 0 Å². The maximum absolute atomic E-state index is 14.3. The summed E-state index contributed by atoms with van der Waals surface area (Å²) in [6.07, 6.45) is -21.8. The van der Waals surface area contributed by atoms with E-state index in [1.54, 1.807) is 0 Å². The lowest BCUT2D eigenvalue weighted by atomic mass is 9.89. The zero-order valence-electron chi connectivity index (χ0n) is 17.6. The smallest absolute Gasteiger partial charge is 0.166 e. The lowest BCUT2D eigenvalue weighted by Gasteiger charge is -2.21. The van der Waals surface area contributed by atoms with E-state index in [1.807, 2.05) is 0 Å². The maximum Gasteiger partial charge on any atom is 0.417 e. The molecule has 0 heterocycles. The molecule has 0 bridgehead atoms. The lowest BCUT2D eigenvalue weighted by Crippen LogP contribution is -2.18. The van der Waals surface area contributed by atoms with Crippen molar-refractivity contribution in [1.82, 2.24) is 0 Å². The van der Waals surface area contributed by atoms with Crippen LogP contribution in [0.3, 0.4) is 0 Å². The van der Waals surface area contributed by atoms with Gasteiger partial charge in [0.15, 0.2) is 0 Å². The molecule has 0 amide bonds. The molecule has 0 fully saturated rings. The van der Waals surface area contributed by atoms with Crippen molar-refractivity contribution in [3.05, 3.63) is 55.5 Å². The van der Waals surface area contributed by atoms with E-state index in [-0.39, 0.29) is 10.8 Å². The summed E-state index contributed by atoms with van der Waals surface area (Å²) in [7, 11) is 0. The van der Waals surface area contributed by atoms with Crippen LogP contribution < -0.4 is 0 Å². The van der Waals surface area contributed by atoms with Gasteiger partial charge in [0, 0.05) is 14.3 Å². The molecule has 0 aliphatic rings. The second kappa shape index (κ2) is 7.18. The first kappa shape index (κ1) is 25.8. The Morgan fingerprint density at radius 1 is 0.368 bits per heavy atom. The molecule has 0 aliphatic heterocycles. The first-order valence-electron chi connectivity index (χ1n) is 10.2. The van der Waals surface area contributed by atoms with Gasteiger partial charge in [-0.2, -0.15) is 52.7 Å². The molecule has 6 aromatic rings. The number of hydrogen-bond donors (Lipinski definition) is 0. The summed E-state index contributed by atoms with van der Waals surface area (Å²) in [5, 5.41) is -6.66. The summed E-state index contributed by atoms with van der Waals surface area (Å²) in [6.45, 7) is 0. The van der Waals surface area contributed by atoms with E-state index < -0.39 is 99.0 Å². The third-order valence-corrected chi connectivity index (χ3v) is 8.03. The zero-order chi connectivity index (χ0) is 28.1. The van der Waals surface area contributed by atoms with Crippen molar-refractivity contribution in [3.63, 3.8) is 0 Å². The SMILES string of the molecule is FC(F)(F)c1c(C(F)(F)F)c2cc(Br)c3cc(C(F)(F)F)c4c(C(F)(F)F)cc5c(Br)cc1c1c2c3c4c51. The summed E-state index contributed by atoms with van der Waals surface area (Å²) in [6, 6.07) is 2.01. The highest BCUT2D eigenvalue weighted by Gasteiger charge is 2.48. The van der Waals surface area contributed by atoms with Crippen LogP contribution in [-0.2, 0) is 24.7 Å². The van der Waals surface area contributed by atoms with Crippen molar-refractivity contribution >= 4 is 85.7 Å². The molecule has 0 saturated carbocycles. The van der Waals surface area contributed by atoms with Gasteiger partial charge in [0.25, 0.3) is 0 Å². The number of halogens is 14. The molecule has 0 nitrogen and oxygen atoms in total. The molecule has 0 saturated heterocycles. The Labute approximate surface area is 218 Å². The van der Waals surface area contributed by atoms with Crippen LogP contribution in [0.25, 0.3) is 53.9 Å². The van der Waals surface area contributed by atoms with Gasteiger partial charge in [-0.1, -0.05) is 31.9 Å². The third kappa shape index (κ3) is 3.18. The molecule has 6 rings (SSSR count). The second-order valence-electron chi connectivity index (χ2n) is 8.75. The third-order valence-electron chi connectivity index (χ3n) is 6.72. The molecular weight excluding hydrogens is 676 g/mol. The van der Waals surface area contributed by atoms with E-state index in [1.165, 1.54) is 0 Å². The largest absolute Gasteiger partial charge is 0.417 e. The first-order chi connectivity index (χ1) is 17.2. The van der Waals surface area contributed by atoms with Crippen molar-refractivity contribution < 1.29 is 52.7 Å². The Hall–Kier alpha value is -2.48. The fourth-order valence-electron chi connectivity index (χ4n) is 5.57. The molecule has 38 heavy (non-hydrogen) atoms. The van der Waals surface area contributed by atoms with E-state index in [9.17, 15) is 52.7 Å². The fraction of sp³-hybridized carbons (Fsp3) is 0.167. The highest BCUT2D eigenvalue weighted by Crippen LogP contribution is 2.59. The summed E-state index contributed by atoms with van der Waals surface area (Å²) in [5.74, 6) is 0. The fourth-order valence-corrected chi connectivity index (χ4v) is 6.66. The van der Waals surface area contributed by atoms with Gasteiger partial charge in [0.2, 0.25) is 0 Å². The summed E-state index contributed by atoms with van der Waals surface area (Å²) >= 11 is 5.72. The van der Waals surface area contributed by atoms with Crippen LogP contribution in [0.2, 0.25) is 0 Å². The van der Waals surface area contributed by atoms with Crippen LogP contribution in [0, 0.1) is 0 Å². The van der Waals surface area contributed by atoms with E-state index in [0.29, 0.717) is 24.3 Å². The predicted octanol–water partition coefficient (Wildman–Crippen LogP) is 11.4. The van der Waals surface area contributed by atoms with Crippen LogP contribution >= 0.6 is 31.9 Å². The minimum atomic E-state index is -5.58. The van der Waals surface area contributed by atoms with Crippen LogP contribution in [0.5, 0.6) is 0 Å². The molecule has 0 N–H and O–H groups in total. The molecular formula is C24H4Br2F12. The molecule has 0 unspecified atom stereocenters. The summed E-state index contributed by atoms with van der Waals surface area (Å²) in [4.78, 5) is 0. The van der Waals surface area contributed by atoms with Crippen molar-refractivity contribution in [2.45, 2.75) is 24.7 Å². The average molecular weight is 680 g/mol. The molecule has 0 aromatic heterocycles. The van der Waals surface area contributed by atoms with Crippen LogP contribution in [-0.4, -0.2) is 0 Å². The molecule has 0 radical (unpaired) electrons. The molecule has 6 aromatic carbocycles. The quantitative estimate of drug-likeness (QED) is 0.111. The molecule has 0 spiro atoms. The summed E-state index contributed by atoms with van der Waals surface area (Å²) < 4.78 is 170. The van der Waals surface area contributed by atoms with E-state index in [2.05, 4.69) is 31.9 Å². The minimum Gasteiger partial charge on any atom is -0.166 e. The van der Waals surface area contributed by atoms with E-state index in [0.717, 1.165) is 0 Å². The molecule has 0 atom stereocenters. The van der Waals surface area contributed by atoms with Gasteiger partial charge in [0.1, 0.15) is 0 Å². The second-order valence-corrected chi connectivity index (χ2v) is 10.5. The minimum absolute atomic E-state index is 0.375. The number of rotatable bonds is 0. The average Bonchev–Trinajstić information content (AvgIpc) is 3.09. The Morgan fingerprint density at radius 2 is 0.684 bits per heavy atom. The Kier molecular flexibility index (Phi) is 4.87. The van der Waals surface area contributed by atoms with E-state index >= 15 is 0 Å². The summed E-state index contributed by atoms with van der Waals surface area (Å²) in [5.41, 5.74) is -7.61. The van der Waals surface area contributed by atoms with Gasteiger partial charge in [-0.25, -0.2) is 0 Å². The lowest BCUT2D eigenvalue weighted by molar-refractivity contribution is -0.160. The van der Waals surface area contributed by atoms with Gasteiger partial charge in [-0.3, -0.25) is 0 Å². The molecule has 0 aliphatic carbocycles. The monoisotopic (exact) mass is 678 g/mol. The number of hydrogen-bond acceptors (Lipinski definition) is 0. The molecule has 14 heteroatoms. The number of benzene rings is 5. The Bertz CT molecular complexity index is 1790.